The lowest BCUT2D eigenvalue weighted by Crippen LogP contribution is -2.02. The van der Waals surface area contributed by atoms with Crippen LogP contribution in [0.1, 0.15) is 0 Å². The fraction of sp³-hybridized carbons (Fsp3) is 0.250. The van der Waals surface area contributed by atoms with Gasteiger partial charge in [-0.3, -0.25) is 0 Å². The van der Waals surface area contributed by atoms with Crippen LogP contribution in [-0.2, 0) is 0 Å². The second-order valence-corrected chi connectivity index (χ2v) is 2.28. The maximum atomic E-state index is 11.8. The molecule has 3 nitrogen and oxygen atoms in total. The van der Waals surface area contributed by atoms with Gasteiger partial charge in [0.25, 0.3) is 0 Å². The minimum atomic E-state index is -2.84. The number of anilines is 1. The van der Waals surface area contributed by atoms with Crippen molar-refractivity contribution < 1.29 is 18.3 Å². The predicted molar refractivity (Wildman–Crippen MR) is 44.0 cm³/mol. The molecule has 0 aliphatic heterocycles. The second-order valence-electron chi connectivity index (χ2n) is 2.28. The predicted octanol–water partition coefficient (Wildman–Crippen LogP) is 1.88. The molecule has 0 atom stereocenters. The lowest BCUT2D eigenvalue weighted by Gasteiger charge is -2.07. The fourth-order valence-corrected chi connectivity index (χ4v) is 0.868. The van der Waals surface area contributed by atoms with Crippen LogP contribution >= 0.6 is 0 Å². The standard InChI is InChI=1S/C8H9F2NO2/c1-12-7-4-5(13-8(9)10)2-3-6(7)11/h2-4,8H,11H2,1H3. The zero-order valence-electron chi connectivity index (χ0n) is 6.96. The first kappa shape index (κ1) is 9.57. The number of hydrogen-bond donors (Lipinski definition) is 1. The molecule has 5 heteroatoms. The van der Waals surface area contributed by atoms with Crippen LogP contribution < -0.4 is 15.2 Å². The number of nitrogens with two attached hydrogens (primary N) is 1. The van der Waals surface area contributed by atoms with Crippen molar-refractivity contribution in [1.29, 1.82) is 0 Å². The van der Waals surface area contributed by atoms with Gasteiger partial charge in [0.1, 0.15) is 11.5 Å². The molecule has 0 amide bonds. The molecule has 0 radical (unpaired) electrons. The molecule has 1 aromatic carbocycles. The Hall–Kier alpha value is -1.52. The van der Waals surface area contributed by atoms with E-state index < -0.39 is 6.61 Å². The number of nitrogen functional groups attached to an aromatic ring is 1. The topological polar surface area (TPSA) is 44.5 Å². The summed E-state index contributed by atoms with van der Waals surface area (Å²) in [6.45, 7) is -2.84. The van der Waals surface area contributed by atoms with E-state index in [0.717, 1.165) is 0 Å². The first-order chi connectivity index (χ1) is 6.13. The van der Waals surface area contributed by atoms with Gasteiger partial charge in [-0.25, -0.2) is 0 Å². The van der Waals surface area contributed by atoms with Crippen molar-refractivity contribution in [2.24, 2.45) is 0 Å². The normalized spacial score (nSPS) is 10.2. The van der Waals surface area contributed by atoms with Gasteiger partial charge < -0.3 is 15.2 Å². The zero-order chi connectivity index (χ0) is 9.84. The Morgan fingerprint density at radius 3 is 2.62 bits per heavy atom. The van der Waals surface area contributed by atoms with Gasteiger partial charge in [-0.05, 0) is 12.1 Å². The molecule has 1 aromatic rings. The van der Waals surface area contributed by atoms with Gasteiger partial charge >= 0.3 is 6.61 Å². The third-order valence-electron chi connectivity index (χ3n) is 1.43. The van der Waals surface area contributed by atoms with Crippen molar-refractivity contribution >= 4 is 5.69 Å². The number of ether oxygens (including phenoxy) is 2. The molecule has 0 heterocycles. The lowest BCUT2D eigenvalue weighted by molar-refractivity contribution is -0.0499. The number of rotatable bonds is 3. The first-order valence-electron chi connectivity index (χ1n) is 3.52. The maximum Gasteiger partial charge on any atom is 0.387 e. The summed E-state index contributed by atoms with van der Waals surface area (Å²) in [5.41, 5.74) is 5.84. The number of benzene rings is 1. The van der Waals surface area contributed by atoms with E-state index >= 15 is 0 Å². The van der Waals surface area contributed by atoms with Crippen LogP contribution in [0.3, 0.4) is 0 Å². The Balaban J connectivity index is 2.86. The van der Waals surface area contributed by atoms with Crippen LogP contribution in [0, 0.1) is 0 Å². The molecule has 0 bridgehead atoms. The average Bonchev–Trinajstić information content (AvgIpc) is 2.07. The molecule has 0 aromatic heterocycles. The van der Waals surface area contributed by atoms with Crippen LogP contribution in [0.2, 0.25) is 0 Å². The van der Waals surface area contributed by atoms with Gasteiger partial charge in [-0.2, -0.15) is 8.78 Å². The Kier molecular flexibility index (Phi) is 2.89. The van der Waals surface area contributed by atoms with Gasteiger partial charge in [0.05, 0.1) is 12.8 Å². The average molecular weight is 189 g/mol. The van der Waals surface area contributed by atoms with Crippen molar-refractivity contribution in [3.05, 3.63) is 18.2 Å². The summed E-state index contributed by atoms with van der Waals surface area (Å²) in [4.78, 5) is 0. The molecule has 0 aliphatic rings. The Labute approximate surface area is 74.1 Å². The molecule has 0 saturated carbocycles. The maximum absolute atomic E-state index is 11.8. The Bertz CT molecular complexity index is 291. The molecular formula is C8H9F2NO2. The molecule has 0 unspecified atom stereocenters. The van der Waals surface area contributed by atoms with Gasteiger partial charge in [0, 0.05) is 6.07 Å². The summed E-state index contributed by atoms with van der Waals surface area (Å²) >= 11 is 0. The van der Waals surface area contributed by atoms with Gasteiger partial charge in [0.2, 0.25) is 0 Å². The van der Waals surface area contributed by atoms with E-state index in [0.29, 0.717) is 11.4 Å². The van der Waals surface area contributed by atoms with Gasteiger partial charge in [-0.15, -0.1) is 0 Å². The molecule has 72 valence electrons. The number of alkyl halides is 2. The van der Waals surface area contributed by atoms with Crippen LogP contribution in [-0.4, -0.2) is 13.7 Å². The Morgan fingerprint density at radius 2 is 2.08 bits per heavy atom. The van der Waals surface area contributed by atoms with Crippen molar-refractivity contribution in [1.82, 2.24) is 0 Å². The third kappa shape index (κ3) is 2.47. The smallest absolute Gasteiger partial charge is 0.387 e. The van der Waals surface area contributed by atoms with E-state index in [-0.39, 0.29) is 5.75 Å². The summed E-state index contributed by atoms with van der Waals surface area (Å²) < 4.78 is 32.5. The summed E-state index contributed by atoms with van der Waals surface area (Å²) in [7, 11) is 1.40. The van der Waals surface area contributed by atoms with Crippen molar-refractivity contribution in [3.63, 3.8) is 0 Å². The van der Waals surface area contributed by atoms with E-state index in [9.17, 15) is 8.78 Å². The summed E-state index contributed by atoms with van der Waals surface area (Å²) in [5, 5.41) is 0. The third-order valence-corrected chi connectivity index (χ3v) is 1.43. The fourth-order valence-electron chi connectivity index (χ4n) is 0.868. The minimum absolute atomic E-state index is 0.0288. The lowest BCUT2D eigenvalue weighted by atomic mass is 10.3. The van der Waals surface area contributed by atoms with Crippen LogP contribution in [0.25, 0.3) is 0 Å². The molecular weight excluding hydrogens is 180 g/mol. The summed E-state index contributed by atoms with van der Waals surface area (Å²) in [5.74, 6) is 0.346. The highest BCUT2D eigenvalue weighted by Crippen LogP contribution is 2.27. The molecule has 1 rings (SSSR count). The summed E-state index contributed by atoms with van der Waals surface area (Å²) in [6.07, 6.45) is 0. The highest BCUT2D eigenvalue weighted by atomic mass is 19.3. The van der Waals surface area contributed by atoms with Crippen LogP contribution in [0.4, 0.5) is 14.5 Å². The van der Waals surface area contributed by atoms with Crippen LogP contribution in [0.15, 0.2) is 18.2 Å². The largest absolute Gasteiger partial charge is 0.494 e. The SMILES string of the molecule is COc1cc(OC(F)F)ccc1N. The number of halogens is 2. The minimum Gasteiger partial charge on any atom is -0.494 e. The quantitative estimate of drug-likeness (QED) is 0.738. The molecule has 0 fully saturated rings. The van der Waals surface area contributed by atoms with Crippen molar-refractivity contribution in [2.45, 2.75) is 6.61 Å². The second kappa shape index (κ2) is 3.93. The van der Waals surface area contributed by atoms with E-state index in [1.54, 1.807) is 0 Å². The molecule has 0 saturated heterocycles. The molecule has 2 N–H and O–H groups in total. The van der Waals surface area contributed by atoms with E-state index in [4.69, 9.17) is 10.5 Å². The molecule has 0 aliphatic carbocycles. The Morgan fingerprint density at radius 1 is 1.38 bits per heavy atom. The van der Waals surface area contributed by atoms with Crippen molar-refractivity contribution in [2.75, 3.05) is 12.8 Å². The van der Waals surface area contributed by atoms with E-state index in [2.05, 4.69) is 4.74 Å². The van der Waals surface area contributed by atoms with E-state index in [1.165, 1.54) is 25.3 Å². The zero-order valence-corrected chi connectivity index (χ0v) is 6.96. The highest BCUT2D eigenvalue weighted by Gasteiger charge is 2.06. The number of methoxy groups -OCH3 is 1. The van der Waals surface area contributed by atoms with Gasteiger partial charge in [0.15, 0.2) is 0 Å². The molecule has 13 heavy (non-hydrogen) atoms. The van der Waals surface area contributed by atoms with Gasteiger partial charge in [-0.1, -0.05) is 0 Å². The van der Waals surface area contributed by atoms with E-state index in [1.807, 2.05) is 0 Å². The number of hydrogen-bond acceptors (Lipinski definition) is 3. The highest BCUT2D eigenvalue weighted by molar-refractivity contribution is 5.55. The summed E-state index contributed by atoms with van der Waals surface area (Å²) in [6, 6.07) is 4.10. The monoisotopic (exact) mass is 189 g/mol. The first-order valence-corrected chi connectivity index (χ1v) is 3.52. The molecule has 0 spiro atoms. The van der Waals surface area contributed by atoms with Crippen LogP contribution in [0.5, 0.6) is 11.5 Å². The van der Waals surface area contributed by atoms with Crippen molar-refractivity contribution in [3.8, 4) is 11.5 Å².